The van der Waals surface area contributed by atoms with Crippen molar-refractivity contribution in [1.29, 1.82) is 0 Å². The zero-order valence-electron chi connectivity index (χ0n) is 18.6. The Kier molecular flexibility index (Phi) is 9.04. The summed E-state index contributed by atoms with van der Waals surface area (Å²) in [7, 11) is 0.269. The predicted molar refractivity (Wildman–Crippen MR) is 121 cm³/mol. The van der Waals surface area contributed by atoms with Gasteiger partial charge in [-0.1, -0.05) is 0 Å². The normalized spacial score (nSPS) is 11.0. The average Bonchev–Trinajstić information content (AvgIpc) is 2.80. The van der Waals surface area contributed by atoms with E-state index < -0.39 is 28.4 Å². The zero-order chi connectivity index (χ0) is 24.4. The lowest BCUT2D eigenvalue weighted by Crippen LogP contribution is -2.39. The quantitative estimate of drug-likeness (QED) is 0.289. The van der Waals surface area contributed by atoms with Gasteiger partial charge in [-0.2, -0.15) is 5.10 Å². The van der Waals surface area contributed by atoms with Gasteiger partial charge < -0.3 is 18.9 Å². The highest BCUT2D eigenvalue weighted by atomic mass is 32.2. The highest BCUT2D eigenvalue weighted by Crippen LogP contribution is 2.33. The van der Waals surface area contributed by atoms with Crippen molar-refractivity contribution in [2.45, 2.75) is 0 Å². The molecule has 0 aliphatic rings. The SMILES string of the molecule is COC(=O)COc1ccc(/C=N\NC(=O)CN(c2cc(OC)ccc2OC)S(C)(=O)=O)cc1. The number of sulfonamides is 1. The number of methoxy groups -OCH3 is 3. The molecule has 0 heterocycles. The maximum atomic E-state index is 12.4. The minimum absolute atomic E-state index is 0.154. The summed E-state index contributed by atoms with van der Waals surface area (Å²) in [4.78, 5) is 23.5. The first kappa shape index (κ1) is 25.5. The number of amides is 1. The molecule has 1 N–H and O–H groups in total. The van der Waals surface area contributed by atoms with Crippen molar-refractivity contribution in [3.63, 3.8) is 0 Å². The Morgan fingerprint density at radius 3 is 2.27 bits per heavy atom. The van der Waals surface area contributed by atoms with E-state index in [2.05, 4.69) is 15.3 Å². The van der Waals surface area contributed by atoms with Crippen molar-refractivity contribution >= 4 is 33.8 Å². The van der Waals surface area contributed by atoms with Gasteiger partial charge in [0.15, 0.2) is 6.61 Å². The molecule has 0 radical (unpaired) electrons. The third-order valence-electron chi connectivity index (χ3n) is 4.21. The first-order valence-electron chi connectivity index (χ1n) is 9.49. The number of anilines is 1. The van der Waals surface area contributed by atoms with Crippen LogP contribution in [0.5, 0.6) is 17.2 Å². The van der Waals surface area contributed by atoms with Crippen LogP contribution in [0.15, 0.2) is 47.6 Å². The molecular weight excluding hydrogens is 454 g/mol. The van der Waals surface area contributed by atoms with E-state index in [-0.39, 0.29) is 18.0 Å². The summed E-state index contributed by atoms with van der Waals surface area (Å²) < 4.78 is 45.7. The first-order valence-corrected chi connectivity index (χ1v) is 11.3. The molecule has 0 bridgehead atoms. The standard InChI is InChI=1S/C21H25N3O8S/c1-29-17-9-10-19(30-2)18(11-17)24(33(4,27)28)13-20(25)23-22-12-15-5-7-16(8-6-15)32-14-21(26)31-3/h5-12H,13-14H2,1-4H3,(H,23,25)/b22-12-. The number of nitrogens with zero attached hydrogens (tertiary/aromatic N) is 2. The molecule has 0 aliphatic carbocycles. The highest BCUT2D eigenvalue weighted by molar-refractivity contribution is 7.92. The summed E-state index contributed by atoms with van der Waals surface area (Å²) in [6.07, 6.45) is 2.35. The molecule has 2 aromatic carbocycles. The number of nitrogens with one attached hydrogen (secondary N) is 1. The van der Waals surface area contributed by atoms with Gasteiger partial charge in [-0.25, -0.2) is 18.6 Å². The number of hydrogen-bond acceptors (Lipinski definition) is 9. The molecule has 2 rings (SSSR count). The molecule has 0 saturated carbocycles. The van der Waals surface area contributed by atoms with Crippen LogP contribution in [0.2, 0.25) is 0 Å². The fourth-order valence-corrected chi connectivity index (χ4v) is 3.42. The largest absolute Gasteiger partial charge is 0.497 e. The van der Waals surface area contributed by atoms with Crippen molar-refractivity contribution < 1.29 is 37.0 Å². The van der Waals surface area contributed by atoms with Gasteiger partial charge in [-0.15, -0.1) is 0 Å². The van der Waals surface area contributed by atoms with Crippen molar-refractivity contribution in [3.05, 3.63) is 48.0 Å². The summed E-state index contributed by atoms with van der Waals surface area (Å²) in [5.74, 6) is -0.0563. The Hall–Kier alpha value is -3.80. The zero-order valence-corrected chi connectivity index (χ0v) is 19.4. The first-order chi connectivity index (χ1) is 15.7. The Morgan fingerprint density at radius 2 is 1.70 bits per heavy atom. The van der Waals surface area contributed by atoms with E-state index in [1.54, 1.807) is 36.4 Å². The summed E-state index contributed by atoms with van der Waals surface area (Å²) in [5.41, 5.74) is 3.08. The smallest absolute Gasteiger partial charge is 0.343 e. The number of hydrazone groups is 1. The molecule has 0 spiro atoms. The maximum absolute atomic E-state index is 12.4. The molecule has 0 aromatic heterocycles. The average molecular weight is 480 g/mol. The third kappa shape index (κ3) is 7.68. The Balaban J connectivity index is 2.05. The summed E-state index contributed by atoms with van der Waals surface area (Å²) in [6, 6.07) is 11.2. The van der Waals surface area contributed by atoms with Crippen LogP contribution < -0.4 is 23.9 Å². The molecule has 2 aromatic rings. The summed E-state index contributed by atoms with van der Waals surface area (Å²) in [5, 5.41) is 3.85. The van der Waals surface area contributed by atoms with Crippen molar-refractivity contribution in [2.24, 2.45) is 5.10 Å². The number of hydrogen-bond donors (Lipinski definition) is 1. The summed E-state index contributed by atoms with van der Waals surface area (Å²) in [6.45, 7) is -0.741. The molecule has 0 aliphatic heterocycles. The van der Waals surface area contributed by atoms with E-state index in [1.807, 2.05) is 0 Å². The third-order valence-corrected chi connectivity index (χ3v) is 5.34. The minimum atomic E-state index is -3.83. The van der Waals surface area contributed by atoms with Crippen LogP contribution >= 0.6 is 0 Å². The second-order valence-corrected chi connectivity index (χ2v) is 8.44. The van der Waals surface area contributed by atoms with Gasteiger partial charge in [-0.3, -0.25) is 9.10 Å². The van der Waals surface area contributed by atoms with E-state index in [4.69, 9.17) is 14.2 Å². The van der Waals surface area contributed by atoms with E-state index in [1.165, 1.54) is 33.6 Å². The number of carbonyl (C=O) groups excluding carboxylic acids is 2. The number of benzene rings is 2. The summed E-state index contributed by atoms with van der Waals surface area (Å²) >= 11 is 0. The monoisotopic (exact) mass is 479 g/mol. The predicted octanol–water partition coefficient (Wildman–Crippen LogP) is 1.17. The van der Waals surface area contributed by atoms with Gasteiger partial charge in [0.05, 0.1) is 39.5 Å². The Bertz CT molecular complexity index is 1100. The van der Waals surface area contributed by atoms with Gasteiger partial charge in [-0.05, 0) is 42.0 Å². The van der Waals surface area contributed by atoms with Crippen LogP contribution in [0.25, 0.3) is 0 Å². The van der Waals surface area contributed by atoms with Gasteiger partial charge in [0.25, 0.3) is 5.91 Å². The van der Waals surface area contributed by atoms with E-state index in [0.29, 0.717) is 17.1 Å². The highest BCUT2D eigenvalue weighted by Gasteiger charge is 2.24. The second-order valence-electron chi connectivity index (χ2n) is 6.53. The number of carbonyl (C=O) groups is 2. The number of rotatable bonds is 11. The maximum Gasteiger partial charge on any atom is 0.343 e. The lowest BCUT2D eigenvalue weighted by molar-refractivity contribution is -0.142. The Morgan fingerprint density at radius 1 is 1.03 bits per heavy atom. The van der Waals surface area contributed by atoms with Crippen LogP contribution in [-0.2, 0) is 24.3 Å². The van der Waals surface area contributed by atoms with Crippen molar-refractivity contribution in [2.75, 3.05) is 45.0 Å². The van der Waals surface area contributed by atoms with Crippen LogP contribution in [0.1, 0.15) is 5.56 Å². The molecule has 12 heteroatoms. The fraction of sp³-hybridized carbons (Fsp3) is 0.286. The van der Waals surface area contributed by atoms with Crippen LogP contribution in [-0.4, -0.2) is 67.2 Å². The van der Waals surface area contributed by atoms with E-state index in [9.17, 15) is 18.0 Å². The van der Waals surface area contributed by atoms with Gasteiger partial charge >= 0.3 is 5.97 Å². The topological polar surface area (TPSA) is 133 Å². The second kappa shape index (κ2) is 11.7. The molecule has 33 heavy (non-hydrogen) atoms. The minimum Gasteiger partial charge on any atom is -0.497 e. The molecule has 11 nitrogen and oxygen atoms in total. The van der Waals surface area contributed by atoms with Crippen LogP contribution in [0.4, 0.5) is 5.69 Å². The molecule has 0 saturated heterocycles. The van der Waals surface area contributed by atoms with Crippen LogP contribution in [0, 0.1) is 0 Å². The lowest BCUT2D eigenvalue weighted by Gasteiger charge is -2.23. The van der Waals surface area contributed by atoms with Crippen molar-refractivity contribution in [1.82, 2.24) is 5.43 Å². The van der Waals surface area contributed by atoms with E-state index >= 15 is 0 Å². The van der Waals surface area contributed by atoms with Gasteiger partial charge in [0.1, 0.15) is 23.8 Å². The molecule has 0 unspecified atom stereocenters. The van der Waals surface area contributed by atoms with Crippen molar-refractivity contribution in [3.8, 4) is 17.2 Å². The van der Waals surface area contributed by atoms with E-state index in [0.717, 1.165) is 10.6 Å². The van der Waals surface area contributed by atoms with Gasteiger partial charge in [0, 0.05) is 6.07 Å². The number of esters is 1. The molecule has 0 fully saturated rings. The number of ether oxygens (including phenoxy) is 4. The van der Waals surface area contributed by atoms with Crippen LogP contribution in [0.3, 0.4) is 0 Å². The Labute approximate surface area is 191 Å². The molecule has 178 valence electrons. The van der Waals surface area contributed by atoms with Gasteiger partial charge in [0.2, 0.25) is 10.0 Å². The lowest BCUT2D eigenvalue weighted by atomic mass is 10.2. The molecular formula is C21H25N3O8S. The molecule has 0 atom stereocenters. The molecule has 1 amide bonds. The fourth-order valence-electron chi connectivity index (χ4n) is 2.57.